The van der Waals surface area contributed by atoms with Crippen LogP contribution in [0.4, 0.5) is 10.1 Å². The van der Waals surface area contributed by atoms with Gasteiger partial charge in [0.1, 0.15) is 35.2 Å². The summed E-state index contributed by atoms with van der Waals surface area (Å²) in [5.74, 6) is -0.268. The molecule has 2 aromatic carbocycles. The number of nitrogens with one attached hydrogen (secondary N) is 1. The third kappa shape index (κ3) is 4.74. The zero-order chi connectivity index (χ0) is 25.1. The molecule has 36 heavy (non-hydrogen) atoms. The van der Waals surface area contributed by atoms with Crippen molar-refractivity contribution >= 4 is 28.5 Å². The molecule has 10 heteroatoms. The van der Waals surface area contributed by atoms with Crippen LogP contribution in [0.2, 0.25) is 0 Å². The first-order chi connectivity index (χ1) is 17.5. The average molecular weight is 487 g/mol. The van der Waals surface area contributed by atoms with Gasteiger partial charge in [0.25, 0.3) is 5.91 Å². The summed E-state index contributed by atoms with van der Waals surface area (Å²) in [7, 11) is 0. The molecular weight excluding hydrogens is 465 g/mol. The summed E-state index contributed by atoms with van der Waals surface area (Å²) in [6.45, 7) is 1.59. The number of aryl methyl sites for hydroxylation is 1. The molecule has 0 radical (unpaired) electrons. The highest BCUT2D eigenvalue weighted by atomic mass is 19.1. The van der Waals surface area contributed by atoms with Gasteiger partial charge in [0.15, 0.2) is 6.04 Å². The molecule has 0 aliphatic carbocycles. The van der Waals surface area contributed by atoms with Crippen molar-refractivity contribution < 1.29 is 22.8 Å². The number of rotatable bonds is 8. The molecule has 3 heterocycles. The van der Waals surface area contributed by atoms with Crippen molar-refractivity contribution in [2.24, 2.45) is 0 Å². The molecule has 1 atom stereocenters. The number of carbonyl (C=O) groups is 2. The van der Waals surface area contributed by atoms with Gasteiger partial charge in [-0.05, 0) is 61.5 Å². The molecule has 0 aliphatic heterocycles. The van der Waals surface area contributed by atoms with E-state index in [1.165, 1.54) is 34.0 Å². The van der Waals surface area contributed by atoms with Crippen LogP contribution in [0.5, 0.6) is 0 Å². The maximum Gasteiger partial charge on any atom is 0.251 e. The first kappa shape index (κ1) is 23.0. The van der Waals surface area contributed by atoms with Gasteiger partial charge in [0.05, 0.1) is 18.3 Å². The van der Waals surface area contributed by atoms with Crippen LogP contribution in [-0.2, 0) is 22.7 Å². The Hall–Kier alpha value is -4.73. The number of benzene rings is 2. The van der Waals surface area contributed by atoms with Crippen LogP contribution < -0.4 is 10.2 Å². The van der Waals surface area contributed by atoms with Gasteiger partial charge in [-0.25, -0.2) is 9.07 Å². The molecular formula is C26H22FN5O4. The second-order valence-electron chi connectivity index (χ2n) is 8.13. The van der Waals surface area contributed by atoms with Crippen LogP contribution in [0.3, 0.4) is 0 Å². The van der Waals surface area contributed by atoms with Gasteiger partial charge < -0.3 is 14.2 Å². The lowest BCUT2D eigenvalue weighted by Gasteiger charge is -2.30. The Morgan fingerprint density at radius 3 is 2.69 bits per heavy atom. The Balaban J connectivity index is 1.54. The van der Waals surface area contributed by atoms with E-state index in [1.807, 2.05) is 12.1 Å². The number of nitrogens with zero attached hydrogens (tertiary/aromatic N) is 4. The normalized spacial score (nSPS) is 11.9. The number of fused-ring (bicyclic) bond motifs is 1. The Labute approximate surface area is 205 Å². The van der Waals surface area contributed by atoms with Crippen LogP contribution in [0, 0.1) is 12.7 Å². The van der Waals surface area contributed by atoms with Crippen molar-refractivity contribution in [3.8, 4) is 0 Å². The average Bonchev–Trinajstić information content (AvgIpc) is 3.63. The molecule has 0 aliphatic rings. The van der Waals surface area contributed by atoms with E-state index < -0.39 is 23.7 Å². The van der Waals surface area contributed by atoms with Crippen molar-refractivity contribution in [2.45, 2.75) is 26.1 Å². The fraction of sp³-hybridized carbons (Fsp3) is 0.154. The summed E-state index contributed by atoms with van der Waals surface area (Å²) in [5, 5.41) is 11.0. The minimum atomic E-state index is -1.22. The largest absolute Gasteiger partial charge is 0.467 e. The van der Waals surface area contributed by atoms with Gasteiger partial charge >= 0.3 is 0 Å². The zero-order valence-electron chi connectivity index (χ0n) is 19.3. The molecule has 2 amide bonds. The summed E-state index contributed by atoms with van der Waals surface area (Å²) in [6, 6.07) is 18.2. The standard InChI is InChI=1S/C26H22FN5O4/c1-17-11-12-23(36-17)25(26(34)28-15-20-8-5-13-35-20)32(19-7-4-6-18(27)14-19)24(33)16-31-22-10-3-2-9-21(22)29-30-31/h2-14,25H,15-16H2,1H3,(H,28,34). The van der Waals surface area contributed by atoms with E-state index in [2.05, 4.69) is 15.6 Å². The lowest BCUT2D eigenvalue weighted by atomic mass is 10.1. The van der Waals surface area contributed by atoms with Crippen LogP contribution in [0.25, 0.3) is 11.0 Å². The van der Waals surface area contributed by atoms with Crippen molar-refractivity contribution in [3.63, 3.8) is 0 Å². The Morgan fingerprint density at radius 2 is 1.94 bits per heavy atom. The summed E-state index contributed by atoms with van der Waals surface area (Å²) in [5.41, 5.74) is 1.46. The molecule has 5 rings (SSSR count). The van der Waals surface area contributed by atoms with Gasteiger partial charge in [-0.1, -0.05) is 23.4 Å². The number of anilines is 1. The Bertz CT molecular complexity index is 1510. The zero-order valence-corrected chi connectivity index (χ0v) is 19.3. The third-order valence-corrected chi connectivity index (χ3v) is 5.61. The highest BCUT2D eigenvalue weighted by molar-refractivity contribution is 6.01. The third-order valence-electron chi connectivity index (χ3n) is 5.61. The lowest BCUT2D eigenvalue weighted by Crippen LogP contribution is -2.45. The number of hydrogen-bond donors (Lipinski definition) is 1. The fourth-order valence-corrected chi connectivity index (χ4v) is 3.96. The smallest absolute Gasteiger partial charge is 0.251 e. The summed E-state index contributed by atoms with van der Waals surface area (Å²) >= 11 is 0. The van der Waals surface area contributed by atoms with Gasteiger partial charge in [0.2, 0.25) is 5.91 Å². The summed E-state index contributed by atoms with van der Waals surface area (Å²) < 4.78 is 26.8. The van der Waals surface area contributed by atoms with E-state index in [9.17, 15) is 14.0 Å². The van der Waals surface area contributed by atoms with Gasteiger partial charge in [-0.3, -0.25) is 14.5 Å². The van der Waals surface area contributed by atoms with Crippen LogP contribution in [0.15, 0.2) is 87.9 Å². The van der Waals surface area contributed by atoms with Crippen LogP contribution in [-0.4, -0.2) is 26.8 Å². The molecule has 182 valence electrons. The molecule has 9 nitrogen and oxygen atoms in total. The second kappa shape index (κ2) is 9.87. The molecule has 1 N–H and O–H groups in total. The number of amides is 2. The Morgan fingerprint density at radius 1 is 1.08 bits per heavy atom. The number of furan rings is 2. The minimum Gasteiger partial charge on any atom is -0.467 e. The molecule has 0 saturated heterocycles. The molecule has 5 aromatic rings. The van der Waals surface area contributed by atoms with Crippen molar-refractivity contribution in [1.82, 2.24) is 20.3 Å². The second-order valence-corrected chi connectivity index (χ2v) is 8.13. The number of halogens is 1. The molecule has 0 fully saturated rings. The van der Waals surface area contributed by atoms with E-state index in [1.54, 1.807) is 49.4 Å². The SMILES string of the molecule is Cc1ccc(C(C(=O)NCc2ccco2)N(C(=O)Cn2nnc3ccccc32)c2cccc(F)c2)o1. The predicted molar refractivity (Wildman–Crippen MR) is 128 cm³/mol. The first-order valence-electron chi connectivity index (χ1n) is 11.2. The van der Waals surface area contributed by atoms with E-state index in [4.69, 9.17) is 8.83 Å². The van der Waals surface area contributed by atoms with E-state index in [0.717, 1.165) is 0 Å². The van der Waals surface area contributed by atoms with Gasteiger partial charge in [-0.15, -0.1) is 5.10 Å². The van der Waals surface area contributed by atoms with Crippen LogP contribution >= 0.6 is 0 Å². The maximum atomic E-state index is 14.3. The quantitative estimate of drug-likeness (QED) is 0.352. The maximum absolute atomic E-state index is 14.3. The van der Waals surface area contributed by atoms with Crippen molar-refractivity contribution in [2.75, 3.05) is 4.90 Å². The van der Waals surface area contributed by atoms with Crippen molar-refractivity contribution in [3.05, 3.63) is 102 Å². The monoisotopic (exact) mass is 487 g/mol. The number of aromatic nitrogens is 3. The van der Waals surface area contributed by atoms with Crippen molar-refractivity contribution in [1.29, 1.82) is 0 Å². The highest BCUT2D eigenvalue weighted by Gasteiger charge is 2.35. The van der Waals surface area contributed by atoms with E-state index in [-0.39, 0.29) is 24.5 Å². The minimum absolute atomic E-state index is 0.0981. The van der Waals surface area contributed by atoms with E-state index in [0.29, 0.717) is 22.6 Å². The molecule has 3 aromatic heterocycles. The Kier molecular flexibility index (Phi) is 6.31. The molecule has 0 spiro atoms. The number of hydrogen-bond acceptors (Lipinski definition) is 6. The first-order valence-corrected chi connectivity index (χ1v) is 11.2. The van der Waals surface area contributed by atoms with Gasteiger partial charge in [-0.2, -0.15) is 0 Å². The summed E-state index contributed by atoms with van der Waals surface area (Å²) in [6.07, 6.45) is 1.50. The summed E-state index contributed by atoms with van der Waals surface area (Å²) in [4.78, 5) is 28.5. The predicted octanol–water partition coefficient (Wildman–Crippen LogP) is 4.16. The molecule has 0 bridgehead atoms. The number of para-hydroxylation sites is 1. The van der Waals surface area contributed by atoms with Crippen LogP contribution in [0.1, 0.15) is 23.3 Å². The van der Waals surface area contributed by atoms with E-state index >= 15 is 0 Å². The highest BCUT2D eigenvalue weighted by Crippen LogP contribution is 2.30. The molecule has 0 saturated carbocycles. The topological polar surface area (TPSA) is 106 Å². The van der Waals surface area contributed by atoms with Gasteiger partial charge in [0, 0.05) is 5.69 Å². The molecule has 1 unspecified atom stereocenters. The fourth-order valence-electron chi connectivity index (χ4n) is 3.96. The lowest BCUT2D eigenvalue weighted by molar-refractivity contribution is -0.127. The number of carbonyl (C=O) groups excluding carboxylic acids is 2.